The SMILES string of the molecule is CC[C@H](C)[C@@H]([C@@H](CC(=O)N1CCC[C@H]1[C@H](OC)[C@@H](C)C(=O)C[C@H](C)[C@@H](O)c1ccccc1)OC)N(C)C(=O)[C@@H](CC(=O)[C@H](C(C)C)N(C)C(=O)OCc1ccc(NC(=O)[C@H](CCCNC(N)=O)CC(=O)[C@@H](NC(=O)CCCCSC)C(C)C)cc1)C(C)C. The zero-order valence-electron chi connectivity index (χ0n) is 55.3. The topological polar surface area (TPSA) is 273 Å². The van der Waals surface area contributed by atoms with Crippen molar-refractivity contribution in [2.45, 2.75) is 195 Å². The number of likely N-dealkylation sites (N-methyl/N-ethyl adjacent to an activating group) is 2. The van der Waals surface area contributed by atoms with Gasteiger partial charge >= 0.3 is 12.1 Å². The molecule has 21 heteroatoms. The van der Waals surface area contributed by atoms with Gasteiger partial charge in [-0.3, -0.25) is 33.6 Å². The summed E-state index contributed by atoms with van der Waals surface area (Å²) in [5.41, 5.74) is 7.00. The van der Waals surface area contributed by atoms with E-state index in [9.17, 15) is 48.3 Å². The number of thioether (sulfide) groups is 1. The Morgan fingerprint density at radius 2 is 1.42 bits per heavy atom. The van der Waals surface area contributed by atoms with E-state index < -0.39 is 72.2 Å². The van der Waals surface area contributed by atoms with Crippen molar-refractivity contribution in [3.63, 3.8) is 0 Å². The number of hydrogen-bond donors (Lipinski definition) is 5. The molecular formula is C67H107N7O13S. The van der Waals surface area contributed by atoms with E-state index in [4.69, 9.17) is 19.9 Å². The first-order valence-corrected chi connectivity index (χ1v) is 33.1. The van der Waals surface area contributed by atoms with E-state index in [0.717, 1.165) is 24.2 Å². The van der Waals surface area contributed by atoms with Crippen LogP contribution in [-0.4, -0.2) is 163 Å². The summed E-state index contributed by atoms with van der Waals surface area (Å²) in [5.74, 6) is -4.30. The summed E-state index contributed by atoms with van der Waals surface area (Å²) < 4.78 is 17.9. The van der Waals surface area contributed by atoms with E-state index in [0.29, 0.717) is 49.9 Å². The lowest BCUT2D eigenvalue weighted by molar-refractivity contribution is -0.149. The number of likely N-dealkylation sites (tertiary alicyclic amines) is 1. The maximum atomic E-state index is 14.9. The van der Waals surface area contributed by atoms with Crippen LogP contribution in [0.25, 0.3) is 0 Å². The van der Waals surface area contributed by atoms with Crippen LogP contribution in [0.1, 0.15) is 164 Å². The third kappa shape index (κ3) is 23.5. The summed E-state index contributed by atoms with van der Waals surface area (Å²) in [7, 11) is 6.27. The lowest BCUT2D eigenvalue weighted by Crippen LogP contribution is -2.54. The van der Waals surface area contributed by atoms with Crippen LogP contribution in [0, 0.1) is 47.3 Å². The molecule has 2 aromatic carbocycles. The van der Waals surface area contributed by atoms with E-state index >= 15 is 0 Å². The first kappa shape index (κ1) is 76.3. The Morgan fingerprint density at radius 1 is 0.761 bits per heavy atom. The van der Waals surface area contributed by atoms with Gasteiger partial charge in [-0.2, -0.15) is 11.8 Å². The van der Waals surface area contributed by atoms with Crippen molar-refractivity contribution >= 4 is 70.6 Å². The normalized spacial score (nSPS) is 17.1. The van der Waals surface area contributed by atoms with Crippen molar-refractivity contribution in [3.05, 3.63) is 65.7 Å². The zero-order valence-corrected chi connectivity index (χ0v) is 56.2. The number of amides is 7. The Labute approximate surface area is 529 Å². The van der Waals surface area contributed by atoms with Gasteiger partial charge in [0.1, 0.15) is 12.4 Å². The Balaban J connectivity index is 1.70. The molecule has 3 rings (SSSR count). The quantitative estimate of drug-likeness (QED) is 0.0389. The summed E-state index contributed by atoms with van der Waals surface area (Å²) in [6.45, 7) is 19.3. The van der Waals surface area contributed by atoms with E-state index in [2.05, 4.69) is 16.0 Å². The Hall–Kier alpha value is -5.90. The molecule has 20 nitrogen and oxygen atoms in total. The number of urea groups is 1. The number of anilines is 1. The van der Waals surface area contributed by atoms with Crippen LogP contribution in [0.5, 0.6) is 0 Å². The van der Waals surface area contributed by atoms with E-state index in [-0.39, 0.29) is 116 Å². The summed E-state index contributed by atoms with van der Waals surface area (Å²) >= 11 is 1.71. The third-order valence-electron chi connectivity index (χ3n) is 17.5. The molecule has 1 heterocycles. The number of ether oxygens (including phenoxy) is 3. The lowest BCUT2D eigenvalue weighted by Gasteiger charge is -2.41. The summed E-state index contributed by atoms with van der Waals surface area (Å²) in [4.78, 5) is 128. The van der Waals surface area contributed by atoms with Gasteiger partial charge in [0.15, 0.2) is 11.6 Å². The van der Waals surface area contributed by atoms with Crippen LogP contribution < -0.4 is 21.7 Å². The average Bonchev–Trinajstić information content (AvgIpc) is 2.45. The molecule has 0 radical (unpaired) electrons. The monoisotopic (exact) mass is 1250 g/mol. The molecular weight excluding hydrogens is 1140 g/mol. The summed E-state index contributed by atoms with van der Waals surface area (Å²) in [5, 5.41) is 19.3. The standard InChI is InChI=1S/C67H107N7O13S/c1-16-44(8)61(56(85-13)39-58(79)74-34-23-27-52(74)63(86-14)46(10)53(75)36-45(9)62(80)48-24-18-17-19-25-48)72(11)65(82)51(41(2)3)38-55(77)60(43(6)7)73(12)67(84)87-40-47-29-31-50(32-30-47)70-64(81)49(26-22-33-69-66(68)83)37-54(76)59(42(4)5)71-57(78)28-20-21-35-88-15/h17-19,24-25,29-32,41-46,49,51-52,56,59-63,80H,16,20-23,26-28,33-40H2,1-15H3,(H,70,81)(H,71,78)(H3,68,69,83)/t44-,45-,46-,49+,51-,52-,56+,59-,60-,61-,62+,63+/m0/s1. The molecule has 12 atom stereocenters. The van der Waals surface area contributed by atoms with Gasteiger partial charge in [-0.25, -0.2) is 9.59 Å². The number of ketones is 3. The van der Waals surface area contributed by atoms with Crippen LogP contribution in [0.3, 0.4) is 0 Å². The van der Waals surface area contributed by atoms with Crippen molar-refractivity contribution in [1.82, 2.24) is 25.3 Å². The highest BCUT2D eigenvalue weighted by atomic mass is 32.2. The van der Waals surface area contributed by atoms with Crippen molar-refractivity contribution in [2.75, 3.05) is 58.7 Å². The molecule has 0 bridgehead atoms. The summed E-state index contributed by atoms with van der Waals surface area (Å²) in [6.07, 6.45) is 3.43. The van der Waals surface area contributed by atoms with Crippen molar-refractivity contribution in [3.8, 4) is 0 Å². The highest BCUT2D eigenvalue weighted by Crippen LogP contribution is 2.33. The predicted octanol–water partition coefficient (Wildman–Crippen LogP) is 9.40. The minimum atomic E-state index is -0.945. The van der Waals surface area contributed by atoms with Crippen molar-refractivity contribution < 1.29 is 62.5 Å². The second kappa shape index (κ2) is 38.6. The number of hydrogen-bond acceptors (Lipinski definition) is 14. The Morgan fingerprint density at radius 3 is 1.99 bits per heavy atom. The molecule has 1 saturated heterocycles. The summed E-state index contributed by atoms with van der Waals surface area (Å²) in [6, 6.07) is 12.5. The number of nitrogens with two attached hydrogens (primary N) is 1. The van der Waals surface area contributed by atoms with Gasteiger partial charge in [-0.05, 0) is 103 Å². The molecule has 1 aliphatic rings. The molecule has 494 valence electrons. The maximum Gasteiger partial charge on any atom is 0.410 e. The Bertz CT molecular complexity index is 2540. The molecule has 1 aliphatic heterocycles. The number of unbranched alkanes of at least 4 members (excludes halogenated alkanes) is 1. The minimum Gasteiger partial charge on any atom is -0.445 e. The van der Waals surface area contributed by atoms with Crippen LogP contribution >= 0.6 is 11.8 Å². The number of aliphatic hydroxyl groups excluding tert-OH is 1. The molecule has 0 aromatic heterocycles. The van der Waals surface area contributed by atoms with Gasteiger partial charge in [0.05, 0.1) is 48.9 Å². The number of rotatable bonds is 40. The Kier molecular flexibility index (Phi) is 33.5. The van der Waals surface area contributed by atoms with Crippen molar-refractivity contribution in [2.24, 2.45) is 53.1 Å². The van der Waals surface area contributed by atoms with E-state index in [1.807, 2.05) is 106 Å². The fourth-order valence-corrected chi connectivity index (χ4v) is 12.6. The minimum absolute atomic E-state index is 0.0431. The van der Waals surface area contributed by atoms with Gasteiger partial charge in [-0.15, -0.1) is 0 Å². The van der Waals surface area contributed by atoms with E-state index in [1.54, 1.807) is 60.0 Å². The second-order valence-corrected chi connectivity index (χ2v) is 26.2. The van der Waals surface area contributed by atoms with Gasteiger partial charge < -0.3 is 55.7 Å². The number of carbonyl (C=O) groups excluding carboxylic acids is 9. The molecule has 0 aliphatic carbocycles. The predicted molar refractivity (Wildman–Crippen MR) is 345 cm³/mol. The van der Waals surface area contributed by atoms with Crippen LogP contribution in [-0.2, 0) is 54.4 Å². The van der Waals surface area contributed by atoms with Gasteiger partial charge in [0.25, 0.3) is 0 Å². The van der Waals surface area contributed by atoms with E-state index in [1.165, 1.54) is 19.1 Å². The fourth-order valence-electron chi connectivity index (χ4n) is 12.1. The smallest absolute Gasteiger partial charge is 0.410 e. The maximum absolute atomic E-state index is 14.9. The third-order valence-corrected chi connectivity index (χ3v) is 18.2. The molecule has 1 fully saturated rings. The zero-order chi connectivity index (χ0) is 65.9. The lowest BCUT2D eigenvalue weighted by atomic mass is 9.83. The molecule has 6 N–H and O–H groups in total. The largest absolute Gasteiger partial charge is 0.445 e. The first-order chi connectivity index (χ1) is 41.6. The van der Waals surface area contributed by atoms with Crippen LogP contribution in [0.4, 0.5) is 15.3 Å². The number of carbonyl (C=O) groups is 9. The average molecular weight is 1250 g/mol. The van der Waals surface area contributed by atoms with Gasteiger partial charge in [-0.1, -0.05) is 118 Å². The molecule has 0 saturated carbocycles. The number of nitrogens with zero attached hydrogens (tertiary/aromatic N) is 3. The highest BCUT2D eigenvalue weighted by molar-refractivity contribution is 7.98. The van der Waals surface area contributed by atoms with Crippen molar-refractivity contribution in [1.29, 1.82) is 0 Å². The number of benzene rings is 2. The highest BCUT2D eigenvalue weighted by Gasteiger charge is 2.44. The number of Topliss-reactive ketones (excluding diaryl/α,β-unsaturated/α-hetero) is 3. The molecule has 0 spiro atoms. The first-order valence-electron chi connectivity index (χ1n) is 31.7. The number of primary amides is 1. The fraction of sp³-hybridized carbons (Fsp3) is 0.687. The molecule has 7 amide bonds. The number of methoxy groups -OCH3 is 2. The molecule has 88 heavy (non-hydrogen) atoms. The number of aliphatic hydroxyl groups is 1. The number of nitrogens with one attached hydrogen (secondary N) is 3. The van der Waals surface area contributed by atoms with Crippen LogP contribution in [0.2, 0.25) is 0 Å². The molecule has 0 unspecified atom stereocenters. The second-order valence-electron chi connectivity index (χ2n) is 25.2. The van der Waals surface area contributed by atoms with Gasteiger partial charge in [0, 0.05) is 90.5 Å². The van der Waals surface area contributed by atoms with Gasteiger partial charge in [0.2, 0.25) is 23.6 Å². The van der Waals surface area contributed by atoms with Crippen LogP contribution in [0.15, 0.2) is 54.6 Å². The molecule has 2 aromatic rings.